The van der Waals surface area contributed by atoms with Gasteiger partial charge in [0.1, 0.15) is 0 Å². The van der Waals surface area contributed by atoms with Crippen molar-refractivity contribution in [3.05, 3.63) is 18.6 Å². The highest BCUT2D eigenvalue weighted by Gasteiger charge is 2.05. The van der Waals surface area contributed by atoms with Crippen LogP contribution < -0.4 is 0 Å². The van der Waals surface area contributed by atoms with Crippen molar-refractivity contribution in [3.8, 4) is 0 Å². The highest BCUT2D eigenvalue weighted by Crippen LogP contribution is 2.19. The molecule has 1 atom stereocenters. The van der Waals surface area contributed by atoms with Crippen LogP contribution in [0, 0.1) is 12.3 Å². The topological polar surface area (TPSA) is 0 Å². The van der Waals surface area contributed by atoms with E-state index in [-0.39, 0.29) is 0 Å². The predicted molar refractivity (Wildman–Crippen MR) is 45.7 cm³/mol. The van der Waals surface area contributed by atoms with Gasteiger partial charge in [0.2, 0.25) is 0 Å². The molecule has 0 aromatic heterocycles. The zero-order valence-electron chi connectivity index (χ0n) is 6.84. The zero-order valence-corrected chi connectivity index (χ0v) is 6.84. The molecule has 0 amide bonds. The lowest BCUT2D eigenvalue weighted by Crippen LogP contribution is -1.94. The molecule has 0 fully saturated rings. The first-order valence-corrected chi connectivity index (χ1v) is 4.43. The van der Waals surface area contributed by atoms with Crippen molar-refractivity contribution in [2.24, 2.45) is 5.92 Å². The van der Waals surface area contributed by atoms with Crippen LogP contribution in [-0.2, 0) is 0 Å². The molecule has 1 rings (SSSR count). The molecule has 0 N–H and O–H groups in total. The van der Waals surface area contributed by atoms with E-state index in [1.54, 1.807) is 0 Å². The van der Waals surface area contributed by atoms with E-state index < -0.39 is 0 Å². The number of hydrogen-bond donors (Lipinski definition) is 0. The lowest BCUT2D eigenvalue weighted by molar-refractivity contribution is 0.605. The Labute approximate surface area is 64.3 Å². The molecule has 0 aliphatic heterocycles. The standard InChI is InChI=1S/C10H17/c1-2-7-10-8-5-3-4-6-9-10/h5,7-8,10H,2-4,6,9H2,1H3. The van der Waals surface area contributed by atoms with Crippen molar-refractivity contribution >= 4 is 0 Å². The average molecular weight is 137 g/mol. The molecule has 10 heavy (non-hydrogen) atoms. The maximum atomic E-state index is 2.42. The molecule has 0 spiro atoms. The average Bonchev–Trinajstić information content (AvgIpc) is 2.17. The maximum absolute atomic E-state index is 2.42. The molecule has 1 aliphatic carbocycles. The van der Waals surface area contributed by atoms with E-state index in [9.17, 15) is 0 Å². The van der Waals surface area contributed by atoms with Crippen LogP contribution in [0.1, 0.15) is 39.0 Å². The van der Waals surface area contributed by atoms with Gasteiger partial charge in [0, 0.05) is 0 Å². The minimum atomic E-state index is 0.785. The summed E-state index contributed by atoms with van der Waals surface area (Å²) in [7, 11) is 0. The fourth-order valence-electron chi connectivity index (χ4n) is 1.51. The molecule has 0 aromatic rings. The molecule has 0 aromatic carbocycles. The van der Waals surface area contributed by atoms with Gasteiger partial charge in [0.05, 0.1) is 0 Å². The van der Waals surface area contributed by atoms with E-state index in [1.807, 2.05) is 0 Å². The van der Waals surface area contributed by atoms with E-state index in [1.165, 1.54) is 32.1 Å². The molecule has 0 bridgehead atoms. The molecule has 1 unspecified atom stereocenters. The Balaban J connectivity index is 2.27. The summed E-state index contributed by atoms with van der Waals surface area (Å²) in [6, 6.07) is 0. The van der Waals surface area contributed by atoms with Gasteiger partial charge < -0.3 is 0 Å². The summed E-state index contributed by atoms with van der Waals surface area (Å²) in [5, 5.41) is 0. The van der Waals surface area contributed by atoms with Gasteiger partial charge in [-0.05, 0) is 31.6 Å². The first-order valence-electron chi connectivity index (χ1n) is 4.43. The van der Waals surface area contributed by atoms with Crippen molar-refractivity contribution < 1.29 is 0 Å². The summed E-state index contributed by atoms with van der Waals surface area (Å²) >= 11 is 0. The third-order valence-electron chi connectivity index (χ3n) is 2.08. The van der Waals surface area contributed by atoms with Gasteiger partial charge in [0.25, 0.3) is 0 Å². The molecular weight excluding hydrogens is 120 g/mol. The van der Waals surface area contributed by atoms with Crippen LogP contribution in [0.3, 0.4) is 0 Å². The van der Waals surface area contributed by atoms with E-state index in [4.69, 9.17) is 0 Å². The minimum absolute atomic E-state index is 0.785. The van der Waals surface area contributed by atoms with E-state index >= 15 is 0 Å². The van der Waals surface area contributed by atoms with Crippen LogP contribution in [0.25, 0.3) is 0 Å². The minimum Gasteiger partial charge on any atom is -0.0882 e. The predicted octanol–water partition coefficient (Wildman–Crippen LogP) is 3.35. The Bertz CT molecular complexity index is 103. The second kappa shape index (κ2) is 4.54. The Morgan fingerprint density at radius 3 is 3.20 bits per heavy atom. The van der Waals surface area contributed by atoms with Gasteiger partial charge in [-0.3, -0.25) is 0 Å². The van der Waals surface area contributed by atoms with Crippen LogP contribution in [0.4, 0.5) is 0 Å². The van der Waals surface area contributed by atoms with Crippen molar-refractivity contribution in [2.45, 2.75) is 39.0 Å². The fraction of sp³-hybridized carbons (Fsp3) is 0.700. The van der Waals surface area contributed by atoms with Gasteiger partial charge >= 0.3 is 0 Å². The smallest absolute Gasteiger partial charge is 0.0202 e. The van der Waals surface area contributed by atoms with Gasteiger partial charge in [-0.2, -0.15) is 0 Å². The molecule has 0 heterocycles. The Hall–Kier alpha value is -0.260. The number of allylic oxidation sites excluding steroid dienone is 2. The molecule has 0 nitrogen and oxygen atoms in total. The third-order valence-corrected chi connectivity index (χ3v) is 2.08. The Morgan fingerprint density at radius 2 is 2.40 bits per heavy atom. The van der Waals surface area contributed by atoms with Gasteiger partial charge in [-0.25, -0.2) is 0 Å². The van der Waals surface area contributed by atoms with Crippen LogP contribution in [-0.4, -0.2) is 0 Å². The van der Waals surface area contributed by atoms with Gasteiger partial charge in [0.15, 0.2) is 0 Å². The highest BCUT2D eigenvalue weighted by molar-refractivity contribution is 4.96. The lowest BCUT2D eigenvalue weighted by Gasteiger charge is -2.06. The second-order valence-corrected chi connectivity index (χ2v) is 3.02. The van der Waals surface area contributed by atoms with Crippen molar-refractivity contribution in [1.29, 1.82) is 0 Å². The Morgan fingerprint density at radius 1 is 1.50 bits per heavy atom. The first kappa shape index (κ1) is 7.84. The van der Waals surface area contributed by atoms with Gasteiger partial charge in [-0.15, -0.1) is 0 Å². The monoisotopic (exact) mass is 137 g/mol. The second-order valence-electron chi connectivity index (χ2n) is 3.02. The molecule has 57 valence electrons. The zero-order chi connectivity index (χ0) is 7.23. The van der Waals surface area contributed by atoms with Gasteiger partial charge in [-0.1, -0.05) is 31.9 Å². The molecule has 1 radical (unpaired) electrons. The van der Waals surface area contributed by atoms with Crippen molar-refractivity contribution in [2.75, 3.05) is 0 Å². The molecule has 0 saturated carbocycles. The lowest BCUT2D eigenvalue weighted by atomic mass is 9.99. The highest BCUT2D eigenvalue weighted by atomic mass is 14.1. The molecule has 0 saturated heterocycles. The number of rotatable bonds is 2. The van der Waals surface area contributed by atoms with Crippen molar-refractivity contribution in [1.82, 2.24) is 0 Å². The summed E-state index contributed by atoms with van der Waals surface area (Å²) in [6.07, 6.45) is 13.8. The van der Waals surface area contributed by atoms with E-state index in [2.05, 4.69) is 25.5 Å². The molecule has 0 heteroatoms. The van der Waals surface area contributed by atoms with Crippen molar-refractivity contribution in [3.63, 3.8) is 0 Å². The summed E-state index contributed by atoms with van der Waals surface area (Å²) < 4.78 is 0. The Kier molecular flexibility index (Phi) is 3.56. The summed E-state index contributed by atoms with van der Waals surface area (Å²) in [6.45, 7) is 2.22. The van der Waals surface area contributed by atoms with E-state index in [0.29, 0.717) is 0 Å². The molecular formula is C10H17. The molecule has 1 aliphatic rings. The van der Waals surface area contributed by atoms with Crippen LogP contribution in [0.5, 0.6) is 0 Å². The third kappa shape index (κ3) is 2.55. The van der Waals surface area contributed by atoms with Crippen LogP contribution in [0.2, 0.25) is 0 Å². The fourth-order valence-corrected chi connectivity index (χ4v) is 1.51. The summed E-state index contributed by atoms with van der Waals surface area (Å²) in [4.78, 5) is 0. The largest absolute Gasteiger partial charge is 0.0882 e. The van der Waals surface area contributed by atoms with Crippen LogP contribution >= 0.6 is 0 Å². The van der Waals surface area contributed by atoms with Crippen LogP contribution in [0.15, 0.2) is 12.2 Å². The number of hydrogen-bond acceptors (Lipinski definition) is 0. The summed E-state index contributed by atoms with van der Waals surface area (Å²) in [5.41, 5.74) is 0. The first-order chi connectivity index (χ1) is 4.93. The summed E-state index contributed by atoms with van der Waals surface area (Å²) in [5.74, 6) is 0.785. The SMILES string of the molecule is CC[CH]C1C=CCCCC1. The maximum Gasteiger partial charge on any atom is -0.0202 e. The van der Waals surface area contributed by atoms with E-state index in [0.717, 1.165) is 5.92 Å². The quantitative estimate of drug-likeness (QED) is 0.512. The normalized spacial score (nSPS) is 26.3.